The SMILES string of the molecule is O=C(CN1C(=O)/C(=C\c2cccc(Cl)c2)Oc2ccccc21)NCc1ccc(F)cc1. The zero-order valence-electron chi connectivity index (χ0n) is 16.3. The first-order valence-corrected chi connectivity index (χ1v) is 9.94. The highest BCUT2D eigenvalue weighted by molar-refractivity contribution is 6.30. The van der Waals surface area contributed by atoms with E-state index in [2.05, 4.69) is 5.32 Å². The minimum absolute atomic E-state index is 0.0901. The molecule has 0 spiro atoms. The number of carbonyl (C=O) groups excluding carboxylic acids is 2. The third-order valence-corrected chi connectivity index (χ3v) is 4.92. The van der Waals surface area contributed by atoms with E-state index in [9.17, 15) is 14.0 Å². The van der Waals surface area contributed by atoms with Crippen LogP contribution in [0, 0.1) is 5.82 Å². The van der Waals surface area contributed by atoms with Gasteiger partial charge in [0.25, 0.3) is 5.91 Å². The van der Waals surface area contributed by atoms with Gasteiger partial charge in [0.1, 0.15) is 12.4 Å². The fourth-order valence-electron chi connectivity index (χ4n) is 3.17. The highest BCUT2D eigenvalue weighted by Gasteiger charge is 2.31. The third-order valence-electron chi connectivity index (χ3n) is 4.68. The molecule has 0 saturated carbocycles. The maximum Gasteiger partial charge on any atom is 0.294 e. The van der Waals surface area contributed by atoms with Crippen molar-refractivity contribution >= 4 is 35.2 Å². The van der Waals surface area contributed by atoms with Gasteiger partial charge in [-0.05, 0) is 53.6 Å². The molecule has 0 radical (unpaired) electrons. The van der Waals surface area contributed by atoms with E-state index < -0.39 is 5.91 Å². The fourth-order valence-corrected chi connectivity index (χ4v) is 3.37. The molecule has 31 heavy (non-hydrogen) atoms. The molecule has 0 atom stereocenters. The Bertz CT molecular complexity index is 1160. The van der Waals surface area contributed by atoms with Crippen LogP contribution in [0.3, 0.4) is 0 Å². The summed E-state index contributed by atoms with van der Waals surface area (Å²) in [5, 5.41) is 3.29. The number of para-hydroxylation sites is 2. The summed E-state index contributed by atoms with van der Waals surface area (Å²) in [7, 11) is 0. The van der Waals surface area contributed by atoms with Gasteiger partial charge in [0, 0.05) is 11.6 Å². The molecule has 3 aromatic rings. The van der Waals surface area contributed by atoms with Gasteiger partial charge in [-0.1, -0.05) is 48.0 Å². The quantitative estimate of drug-likeness (QED) is 0.596. The van der Waals surface area contributed by atoms with Gasteiger partial charge in [-0.3, -0.25) is 14.5 Å². The summed E-state index contributed by atoms with van der Waals surface area (Å²) >= 11 is 6.03. The lowest BCUT2D eigenvalue weighted by atomic mass is 10.1. The molecule has 0 saturated heterocycles. The largest absolute Gasteiger partial charge is 0.449 e. The zero-order valence-corrected chi connectivity index (χ0v) is 17.1. The lowest BCUT2D eigenvalue weighted by Gasteiger charge is -2.30. The normalized spacial score (nSPS) is 14.2. The number of halogens is 2. The molecule has 0 aromatic heterocycles. The monoisotopic (exact) mass is 436 g/mol. The molecule has 4 rings (SSSR count). The Hall–Kier alpha value is -3.64. The van der Waals surface area contributed by atoms with Crippen LogP contribution in [-0.2, 0) is 16.1 Å². The van der Waals surface area contributed by atoms with E-state index >= 15 is 0 Å². The topological polar surface area (TPSA) is 58.6 Å². The van der Waals surface area contributed by atoms with Crippen molar-refractivity contribution in [1.82, 2.24) is 5.32 Å². The Morgan fingerprint density at radius 2 is 1.84 bits per heavy atom. The molecule has 0 unspecified atom stereocenters. The number of anilines is 1. The summed E-state index contributed by atoms with van der Waals surface area (Å²) in [5.74, 6) is -0.564. The van der Waals surface area contributed by atoms with Crippen LogP contribution in [0.2, 0.25) is 5.02 Å². The van der Waals surface area contributed by atoms with Crippen molar-refractivity contribution in [1.29, 1.82) is 0 Å². The maximum atomic E-state index is 13.1. The molecule has 1 N–H and O–H groups in total. The highest BCUT2D eigenvalue weighted by atomic mass is 35.5. The number of ether oxygens (including phenoxy) is 1. The van der Waals surface area contributed by atoms with Crippen LogP contribution in [-0.4, -0.2) is 18.4 Å². The first-order chi connectivity index (χ1) is 15.0. The molecule has 0 bridgehead atoms. The van der Waals surface area contributed by atoms with Crippen molar-refractivity contribution in [2.24, 2.45) is 0 Å². The molecule has 0 aliphatic carbocycles. The summed E-state index contributed by atoms with van der Waals surface area (Å²) in [6.07, 6.45) is 1.59. The minimum Gasteiger partial charge on any atom is -0.449 e. The van der Waals surface area contributed by atoms with Crippen LogP contribution in [0.1, 0.15) is 11.1 Å². The van der Waals surface area contributed by atoms with E-state index in [1.165, 1.54) is 17.0 Å². The van der Waals surface area contributed by atoms with E-state index in [0.29, 0.717) is 22.0 Å². The van der Waals surface area contributed by atoms with Crippen LogP contribution < -0.4 is 15.0 Å². The Kier molecular flexibility index (Phi) is 6.00. The Balaban J connectivity index is 1.54. The predicted molar refractivity (Wildman–Crippen MR) is 117 cm³/mol. The summed E-state index contributed by atoms with van der Waals surface area (Å²) in [6, 6.07) is 19.9. The highest BCUT2D eigenvalue weighted by Crippen LogP contribution is 2.35. The number of amides is 2. The average Bonchev–Trinajstić information content (AvgIpc) is 2.76. The van der Waals surface area contributed by atoms with E-state index in [1.807, 2.05) is 0 Å². The van der Waals surface area contributed by atoms with Crippen LogP contribution in [0.4, 0.5) is 10.1 Å². The molecular weight excluding hydrogens is 419 g/mol. The van der Waals surface area contributed by atoms with Crippen molar-refractivity contribution in [3.63, 3.8) is 0 Å². The molecule has 0 fully saturated rings. The van der Waals surface area contributed by atoms with Gasteiger partial charge in [-0.25, -0.2) is 4.39 Å². The number of nitrogens with one attached hydrogen (secondary N) is 1. The summed E-state index contributed by atoms with van der Waals surface area (Å²) in [4.78, 5) is 27.0. The second kappa shape index (κ2) is 9.02. The van der Waals surface area contributed by atoms with E-state index in [1.54, 1.807) is 66.7 Å². The van der Waals surface area contributed by atoms with Gasteiger partial charge >= 0.3 is 0 Å². The third kappa shape index (κ3) is 4.92. The molecule has 1 aliphatic heterocycles. The predicted octanol–water partition coefficient (Wildman–Crippen LogP) is 4.56. The number of nitrogens with zero attached hydrogens (tertiary/aromatic N) is 1. The van der Waals surface area contributed by atoms with Crippen LogP contribution in [0.25, 0.3) is 6.08 Å². The Morgan fingerprint density at radius 1 is 1.06 bits per heavy atom. The first-order valence-electron chi connectivity index (χ1n) is 9.57. The van der Waals surface area contributed by atoms with Crippen molar-refractivity contribution < 1.29 is 18.7 Å². The van der Waals surface area contributed by atoms with Crippen molar-refractivity contribution in [2.75, 3.05) is 11.4 Å². The second-order valence-electron chi connectivity index (χ2n) is 6.93. The number of rotatable bonds is 5. The van der Waals surface area contributed by atoms with Gasteiger partial charge in [0.2, 0.25) is 5.91 Å². The standard InChI is InChI=1S/C24H18ClFN2O3/c25-18-5-3-4-17(12-18)13-22-24(30)28(20-6-1-2-7-21(20)31-22)15-23(29)27-14-16-8-10-19(26)11-9-16/h1-13H,14-15H2,(H,27,29)/b22-13+. The van der Waals surface area contributed by atoms with E-state index in [0.717, 1.165) is 5.56 Å². The molecule has 1 heterocycles. The second-order valence-corrected chi connectivity index (χ2v) is 7.36. The van der Waals surface area contributed by atoms with Crippen molar-refractivity contribution in [3.05, 3.63) is 101 Å². The van der Waals surface area contributed by atoms with Crippen molar-refractivity contribution in [3.8, 4) is 5.75 Å². The fraction of sp³-hybridized carbons (Fsp3) is 0.0833. The van der Waals surface area contributed by atoms with Gasteiger partial charge < -0.3 is 10.1 Å². The lowest BCUT2D eigenvalue weighted by molar-refractivity contribution is -0.123. The molecule has 2 amide bonds. The molecular formula is C24H18ClFN2O3. The minimum atomic E-state index is -0.435. The van der Waals surface area contributed by atoms with Crippen LogP contribution >= 0.6 is 11.6 Å². The molecule has 7 heteroatoms. The van der Waals surface area contributed by atoms with E-state index in [-0.39, 0.29) is 30.6 Å². The smallest absolute Gasteiger partial charge is 0.294 e. The zero-order chi connectivity index (χ0) is 21.8. The number of hydrogen-bond acceptors (Lipinski definition) is 3. The van der Waals surface area contributed by atoms with Crippen LogP contribution in [0.15, 0.2) is 78.6 Å². The van der Waals surface area contributed by atoms with Gasteiger partial charge in [-0.2, -0.15) is 0 Å². The lowest BCUT2D eigenvalue weighted by Crippen LogP contribution is -2.44. The number of fused-ring (bicyclic) bond motifs is 1. The summed E-state index contributed by atoms with van der Waals surface area (Å²) in [6.45, 7) is 0.0395. The van der Waals surface area contributed by atoms with Gasteiger partial charge in [-0.15, -0.1) is 0 Å². The maximum absolute atomic E-state index is 13.1. The molecule has 5 nitrogen and oxygen atoms in total. The van der Waals surface area contributed by atoms with Gasteiger partial charge in [0.05, 0.1) is 5.69 Å². The molecule has 156 valence electrons. The summed E-state index contributed by atoms with van der Waals surface area (Å²) < 4.78 is 18.8. The molecule has 1 aliphatic rings. The van der Waals surface area contributed by atoms with E-state index in [4.69, 9.17) is 16.3 Å². The Labute approximate surface area is 183 Å². The number of hydrogen-bond donors (Lipinski definition) is 1. The first kappa shape index (κ1) is 20.6. The Morgan fingerprint density at radius 3 is 2.61 bits per heavy atom. The summed E-state index contributed by atoms with van der Waals surface area (Å²) in [5.41, 5.74) is 1.97. The number of carbonyl (C=O) groups is 2. The average molecular weight is 437 g/mol. The molecule has 3 aromatic carbocycles. The van der Waals surface area contributed by atoms with Crippen LogP contribution in [0.5, 0.6) is 5.75 Å². The van der Waals surface area contributed by atoms with Crippen molar-refractivity contribution in [2.45, 2.75) is 6.54 Å². The van der Waals surface area contributed by atoms with Gasteiger partial charge in [0.15, 0.2) is 11.5 Å². The number of benzene rings is 3.